The van der Waals surface area contributed by atoms with Crippen LogP contribution in [0, 0.1) is 13.8 Å². The molecule has 1 aliphatic heterocycles. The number of β-amino-alcohol motifs (C(OH)–C–C–N with tert-alkyl or cyclic N) is 1. The average molecular weight is 304 g/mol. The van der Waals surface area contributed by atoms with Gasteiger partial charge in [-0.3, -0.25) is 0 Å². The van der Waals surface area contributed by atoms with Crippen molar-refractivity contribution in [1.82, 2.24) is 9.97 Å². The molecule has 2 heterocycles. The Morgan fingerprint density at radius 3 is 2.76 bits per heavy atom. The molecule has 0 spiro atoms. The van der Waals surface area contributed by atoms with E-state index < -0.39 is 0 Å². The van der Waals surface area contributed by atoms with E-state index in [2.05, 4.69) is 9.97 Å². The third-order valence-electron chi connectivity index (χ3n) is 3.97. The minimum absolute atomic E-state index is 0.274. The summed E-state index contributed by atoms with van der Waals surface area (Å²) < 4.78 is 0. The number of aliphatic hydroxyl groups excluding tert-OH is 1. The topological polar surface area (TPSA) is 49.2 Å². The van der Waals surface area contributed by atoms with Gasteiger partial charge in [0.1, 0.15) is 0 Å². The summed E-state index contributed by atoms with van der Waals surface area (Å²) in [6.45, 7) is 5.39. The predicted octanol–water partition coefficient (Wildman–Crippen LogP) is 2.98. The van der Waals surface area contributed by atoms with Crippen LogP contribution in [0.2, 0.25) is 5.02 Å². The van der Waals surface area contributed by atoms with E-state index in [0.717, 1.165) is 40.4 Å². The molecular formula is C16H18ClN3O. The van der Waals surface area contributed by atoms with E-state index in [9.17, 15) is 5.11 Å². The predicted molar refractivity (Wildman–Crippen MR) is 84.8 cm³/mol. The van der Waals surface area contributed by atoms with Crippen molar-refractivity contribution in [1.29, 1.82) is 0 Å². The molecular weight excluding hydrogens is 286 g/mol. The van der Waals surface area contributed by atoms with Gasteiger partial charge in [-0.25, -0.2) is 9.97 Å². The maximum atomic E-state index is 9.62. The number of nitrogens with zero attached hydrogens (tertiary/aromatic N) is 3. The molecule has 5 heteroatoms. The van der Waals surface area contributed by atoms with Crippen LogP contribution in [0.15, 0.2) is 24.4 Å². The minimum atomic E-state index is -0.274. The Balaban J connectivity index is 1.96. The van der Waals surface area contributed by atoms with Crippen LogP contribution in [0.1, 0.15) is 17.7 Å². The molecule has 1 fully saturated rings. The second-order valence-electron chi connectivity index (χ2n) is 5.47. The molecule has 0 bridgehead atoms. The number of aliphatic hydroxyl groups is 1. The number of aryl methyl sites for hydroxylation is 1. The number of hydrogen-bond acceptors (Lipinski definition) is 4. The summed E-state index contributed by atoms with van der Waals surface area (Å²) in [6, 6.07) is 5.86. The van der Waals surface area contributed by atoms with Gasteiger partial charge in [-0.05, 0) is 37.5 Å². The van der Waals surface area contributed by atoms with Gasteiger partial charge in [0.05, 0.1) is 11.8 Å². The fourth-order valence-corrected chi connectivity index (χ4v) is 2.87. The summed E-state index contributed by atoms with van der Waals surface area (Å²) in [7, 11) is 0. The number of rotatable bonds is 2. The Bertz CT molecular complexity index is 675. The molecule has 1 atom stereocenters. The summed E-state index contributed by atoms with van der Waals surface area (Å²) >= 11 is 6.19. The second-order valence-corrected chi connectivity index (χ2v) is 5.88. The van der Waals surface area contributed by atoms with Crippen LogP contribution in [0.5, 0.6) is 0 Å². The Kier molecular flexibility index (Phi) is 3.83. The fourth-order valence-electron chi connectivity index (χ4n) is 2.69. The summed E-state index contributed by atoms with van der Waals surface area (Å²) in [5.74, 6) is 0.687. The lowest BCUT2D eigenvalue weighted by Crippen LogP contribution is -2.23. The fraction of sp³-hybridized carbons (Fsp3) is 0.375. The molecule has 3 rings (SSSR count). The molecule has 1 aromatic heterocycles. The standard InChI is InChI=1S/C16H18ClN3O/c1-10-13(4-3-5-15(10)17)14-8-18-16(19-11(14)2)20-7-6-12(21)9-20/h3-5,8,12,21H,6-7,9H2,1-2H3/t12-/m1/s1. The van der Waals surface area contributed by atoms with Crippen LogP contribution in [0.3, 0.4) is 0 Å². The normalized spacial score (nSPS) is 18.3. The average Bonchev–Trinajstić information content (AvgIpc) is 2.89. The third-order valence-corrected chi connectivity index (χ3v) is 4.38. The number of halogens is 1. The van der Waals surface area contributed by atoms with Gasteiger partial charge in [0.2, 0.25) is 5.95 Å². The van der Waals surface area contributed by atoms with Gasteiger partial charge < -0.3 is 10.0 Å². The van der Waals surface area contributed by atoms with Gasteiger partial charge in [0, 0.05) is 29.9 Å². The van der Waals surface area contributed by atoms with Gasteiger partial charge in [-0.15, -0.1) is 0 Å². The van der Waals surface area contributed by atoms with E-state index in [1.165, 1.54) is 0 Å². The van der Waals surface area contributed by atoms with Crippen LogP contribution >= 0.6 is 11.6 Å². The van der Waals surface area contributed by atoms with Crippen LogP contribution in [0.4, 0.5) is 5.95 Å². The van der Waals surface area contributed by atoms with Gasteiger partial charge >= 0.3 is 0 Å². The molecule has 21 heavy (non-hydrogen) atoms. The molecule has 0 saturated carbocycles. The minimum Gasteiger partial charge on any atom is -0.391 e. The van der Waals surface area contributed by atoms with E-state index in [4.69, 9.17) is 11.6 Å². The lowest BCUT2D eigenvalue weighted by Gasteiger charge is -2.17. The summed E-state index contributed by atoms with van der Waals surface area (Å²) in [5, 5.41) is 10.4. The molecule has 0 aliphatic carbocycles. The Morgan fingerprint density at radius 1 is 1.29 bits per heavy atom. The van der Waals surface area contributed by atoms with E-state index >= 15 is 0 Å². The van der Waals surface area contributed by atoms with E-state index in [-0.39, 0.29) is 6.10 Å². The van der Waals surface area contributed by atoms with Crippen molar-refractivity contribution in [2.24, 2.45) is 0 Å². The quantitative estimate of drug-likeness (QED) is 0.926. The monoisotopic (exact) mass is 303 g/mol. The van der Waals surface area contributed by atoms with Crippen LogP contribution < -0.4 is 4.90 Å². The Labute approximate surface area is 129 Å². The zero-order valence-corrected chi connectivity index (χ0v) is 12.9. The molecule has 1 N–H and O–H groups in total. The molecule has 0 unspecified atom stereocenters. The largest absolute Gasteiger partial charge is 0.391 e. The second kappa shape index (κ2) is 5.62. The van der Waals surface area contributed by atoms with Crippen molar-refractivity contribution in [2.75, 3.05) is 18.0 Å². The first-order valence-electron chi connectivity index (χ1n) is 7.08. The zero-order chi connectivity index (χ0) is 15.0. The molecule has 1 aliphatic rings. The summed E-state index contributed by atoms with van der Waals surface area (Å²) in [4.78, 5) is 11.1. The van der Waals surface area contributed by atoms with Crippen molar-refractivity contribution < 1.29 is 5.11 Å². The maximum absolute atomic E-state index is 9.62. The summed E-state index contributed by atoms with van der Waals surface area (Å²) in [6.07, 6.45) is 2.35. The molecule has 110 valence electrons. The number of anilines is 1. The van der Waals surface area contributed by atoms with Gasteiger partial charge in [0.25, 0.3) is 0 Å². The van der Waals surface area contributed by atoms with E-state index in [1.54, 1.807) is 0 Å². The highest BCUT2D eigenvalue weighted by molar-refractivity contribution is 6.31. The van der Waals surface area contributed by atoms with E-state index in [0.29, 0.717) is 12.5 Å². The van der Waals surface area contributed by atoms with Crippen molar-refractivity contribution in [3.05, 3.63) is 40.7 Å². The first kappa shape index (κ1) is 14.3. The Morgan fingerprint density at radius 2 is 2.10 bits per heavy atom. The van der Waals surface area contributed by atoms with Crippen molar-refractivity contribution in [3.63, 3.8) is 0 Å². The highest BCUT2D eigenvalue weighted by Crippen LogP contribution is 2.30. The molecule has 0 amide bonds. The van der Waals surface area contributed by atoms with Crippen molar-refractivity contribution in [2.45, 2.75) is 26.4 Å². The third kappa shape index (κ3) is 2.74. The van der Waals surface area contributed by atoms with Crippen molar-refractivity contribution in [3.8, 4) is 11.1 Å². The smallest absolute Gasteiger partial charge is 0.225 e. The van der Waals surface area contributed by atoms with Crippen molar-refractivity contribution >= 4 is 17.5 Å². The number of hydrogen-bond donors (Lipinski definition) is 1. The molecule has 1 saturated heterocycles. The molecule has 4 nitrogen and oxygen atoms in total. The zero-order valence-electron chi connectivity index (χ0n) is 12.2. The lowest BCUT2D eigenvalue weighted by molar-refractivity contribution is 0.198. The number of aromatic nitrogens is 2. The first-order chi connectivity index (χ1) is 10.1. The Hall–Kier alpha value is -1.65. The number of benzene rings is 1. The van der Waals surface area contributed by atoms with E-state index in [1.807, 2.05) is 43.1 Å². The van der Waals surface area contributed by atoms with Crippen LogP contribution in [-0.4, -0.2) is 34.3 Å². The molecule has 2 aromatic rings. The van der Waals surface area contributed by atoms with Crippen LogP contribution in [-0.2, 0) is 0 Å². The highest BCUT2D eigenvalue weighted by atomic mass is 35.5. The lowest BCUT2D eigenvalue weighted by atomic mass is 10.0. The molecule has 1 aromatic carbocycles. The highest BCUT2D eigenvalue weighted by Gasteiger charge is 2.23. The molecule has 0 radical (unpaired) electrons. The van der Waals surface area contributed by atoms with Gasteiger partial charge in [0.15, 0.2) is 0 Å². The SMILES string of the molecule is Cc1nc(N2CC[C@@H](O)C2)ncc1-c1cccc(Cl)c1C. The van der Waals surface area contributed by atoms with Gasteiger partial charge in [-0.2, -0.15) is 0 Å². The first-order valence-corrected chi connectivity index (χ1v) is 7.46. The summed E-state index contributed by atoms with van der Waals surface area (Å²) in [5.41, 5.74) is 4.02. The van der Waals surface area contributed by atoms with Crippen LogP contribution in [0.25, 0.3) is 11.1 Å². The maximum Gasteiger partial charge on any atom is 0.225 e. The van der Waals surface area contributed by atoms with Gasteiger partial charge in [-0.1, -0.05) is 23.7 Å².